The molecule has 0 saturated heterocycles. The molecule has 0 spiro atoms. The fourth-order valence-corrected chi connectivity index (χ4v) is 4.27. The second-order valence-electron chi connectivity index (χ2n) is 5.68. The molecule has 0 atom stereocenters. The third kappa shape index (κ3) is 4.03. The van der Waals surface area contributed by atoms with E-state index in [4.69, 9.17) is 10.5 Å². The average molecular weight is 312 g/mol. The van der Waals surface area contributed by atoms with E-state index in [0.717, 1.165) is 37.7 Å². The van der Waals surface area contributed by atoms with Gasteiger partial charge >= 0.3 is 0 Å². The Hall–Kier alpha value is -0.950. The van der Waals surface area contributed by atoms with Crippen molar-refractivity contribution in [2.75, 3.05) is 20.3 Å². The molecule has 0 aromatic heterocycles. The minimum atomic E-state index is -3.51. The predicted octanol–water partition coefficient (Wildman–Crippen LogP) is 1.43. The van der Waals surface area contributed by atoms with Crippen molar-refractivity contribution < 1.29 is 13.2 Å². The molecule has 0 unspecified atom stereocenters. The summed E-state index contributed by atoms with van der Waals surface area (Å²) in [6.45, 7) is 0.971. The highest BCUT2D eigenvalue weighted by Crippen LogP contribution is 2.30. The zero-order valence-electron chi connectivity index (χ0n) is 12.5. The van der Waals surface area contributed by atoms with E-state index in [9.17, 15) is 8.42 Å². The number of ether oxygens (including phenoxy) is 1. The van der Waals surface area contributed by atoms with E-state index in [1.165, 1.54) is 0 Å². The van der Waals surface area contributed by atoms with Crippen LogP contribution in [0.2, 0.25) is 0 Å². The molecule has 21 heavy (non-hydrogen) atoms. The summed E-state index contributed by atoms with van der Waals surface area (Å²) >= 11 is 0. The average Bonchev–Trinajstić information content (AvgIpc) is 2.94. The summed E-state index contributed by atoms with van der Waals surface area (Å²) in [5.41, 5.74) is 6.39. The van der Waals surface area contributed by atoms with Crippen LogP contribution in [0.15, 0.2) is 29.2 Å². The van der Waals surface area contributed by atoms with Crippen molar-refractivity contribution in [3.8, 4) is 0 Å². The Labute approximate surface area is 126 Å². The summed E-state index contributed by atoms with van der Waals surface area (Å²) in [5.74, 6) is 0. The fraction of sp³-hybridized carbons (Fsp3) is 0.600. The lowest BCUT2D eigenvalue weighted by atomic mass is 10.0. The molecule has 1 aromatic carbocycles. The molecule has 3 N–H and O–H groups in total. The van der Waals surface area contributed by atoms with Crippen molar-refractivity contribution in [2.24, 2.45) is 5.73 Å². The first-order valence-corrected chi connectivity index (χ1v) is 8.82. The van der Waals surface area contributed by atoms with Gasteiger partial charge in [-0.15, -0.1) is 0 Å². The number of methoxy groups -OCH3 is 1. The molecule has 1 saturated carbocycles. The molecule has 6 heteroatoms. The van der Waals surface area contributed by atoms with Crippen LogP contribution in [-0.4, -0.2) is 34.2 Å². The van der Waals surface area contributed by atoms with Crippen LogP contribution in [0.5, 0.6) is 0 Å². The Morgan fingerprint density at radius 3 is 2.38 bits per heavy atom. The van der Waals surface area contributed by atoms with E-state index < -0.39 is 15.6 Å². The maximum absolute atomic E-state index is 12.5. The van der Waals surface area contributed by atoms with Crippen LogP contribution >= 0.6 is 0 Å². The predicted molar refractivity (Wildman–Crippen MR) is 82.6 cm³/mol. The molecule has 118 valence electrons. The van der Waals surface area contributed by atoms with Gasteiger partial charge in [-0.2, -0.15) is 0 Å². The number of sulfonamides is 1. The third-order valence-electron chi connectivity index (χ3n) is 4.13. The Morgan fingerprint density at radius 2 is 1.86 bits per heavy atom. The van der Waals surface area contributed by atoms with E-state index in [-0.39, 0.29) is 0 Å². The van der Waals surface area contributed by atoms with Gasteiger partial charge < -0.3 is 10.5 Å². The summed E-state index contributed by atoms with van der Waals surface area (Å²) in [4.78, 5) is 0.295. The molecule has 0 bridgehead atoms. The number of nitrogens with one attached hydrogen (secondary N) is 1. The van der Waals surface area contributed by atoms with E-state index in [2.05, 4.69) is 4.72 Å². The monoisotopic (exact) mass is 312 g/mol. The Balaban J connectivity index is 2.12. The van der Waals surface area contributed by atoms with Gasteiger partial charge in [0.1, 0.15) is 0 Å². The van der Waals surface area contributed by atoms with Crippen LogP contribution in [0.1, 0.15) is 31.2 Å². The van der Waals surface area contributed by atoms with Crippen molar-refractivity contribution in [1.82, 2.24) is 4.72 Å². The summed E-state index contributed by atoms with van der Waals surface area (Å²) in [6.07, 6.45) is 4.45. The quantitative estimate of drug-likeness (QED) is 0.798. The largest absolute Gasteiger partial charge is 0.384 e. The molecule has 0 amide bonds. The first-order valence-electron chi connectivity index (χ1n) is 7.33. The molecule has 1 fully saturated rings. The first-order chi connectivity index (χ1) is 10.0. The van der Waals surface area contributed by atoms with Gasteiger partial charge in [-0.05, 0) is 37.0 Å². The molecular formula is C15H24N2O3S. The highest BCUT2D eigenvalue weighted by Gasteiger charge is 2.36. The van der Waals surface area contributed by atoms with Gasteiger partial charge in [0.15, 0.2) is 0 Å². The standard InChI is InChI=1S/C15H24N2O3S/c1-20-11-8-13-4-6-14(7-5-13)21(18,19)17-15(12-16)9-2-3-10-15/h4-7,17H,2-3,8-12,16H2,1H3. The lowest BCUT2D eigenvalue weighted by molar-refractivity contribution is 0.202. The topological polar surface area (TPSA) is 81.4 Å². The van der Waals surface area contributed by atoms with Crippen molar-refractivity contribution in [3.63, 3.8) is 0 Å². The molecular weight excluding hydrogens is 288 g/mol. The molecule has 2 rings (SSSR count). The first kappa shape index (κ1) is 16.4. The van der Waals surface area contributed by atoms with Gasteiger partial charge in [0.2, 0.25) is 10.0 Å². The van der Waals surface area contributed by atoms with Crippen LogP contribution in [0.25, 0.3) is 0 Å². The summed E-state index contributed by atoms with van der Waals surface area (Å²) in [7, 11) is -1.86. The minimum absolute atomic E-state index is 0.295. The molecule has 0 aliphatic heterocycles. The fourth-order valence-electron chi connectivity index (χ4n) is 2.80. The zero-order chi connectivity index (χ0) is 15.3. The summed E-state index contributed by atoms with van der Waals surface area (Å²) < 4.78 is 32.8. The number of rotatable bonds is 7. The minimum Gasteiger partial charge on any atom is -0.384 e. The lowest BCUT2D eigenvalue weighted by Crippen LogP contribution is -2.51. The van der Waals surface area contributed by atoms with E-state index in [0.29, 0.717) is 18.0 Å². The van der Waals surface area contributed by atoms with Gasteiger partial charge in [-0.25, -0.2) is 13.1 Å². The normalized spacial score (nSPS) is 18.0. The van der Waals surface area contributed by atoms with Crippen molar-refractivity contribution >= 4 is 10.0 Å². The molecule has 0 radical (unpaired) electrons. The number of hydrogen-bond donors (Lipinski definition) is 2. The maximum Gasteiger partial charge on any atom is 0.241 e. The third-order valence-corrected chi connectivity index (χ3v) is 5.73. The van der Waals surface area contributed by atoms with Crippen molar-refractivity contribution in [2.45, 2.75) is 42.5 Å². The van der Waals surface area contributed by atoms with Crippen LogP contribution in [0, 0.1) is 0 Å². The molecule has 1 aliphatic rings. The van der Waals surface area contributed by atoms with E-state index in [1.54, 1.807) is 19.2 Å². The van der Waals surface area contributed by atoms with E-state index >= 15 is 0 Å². The van der Waals surface area contributed by atoms with Crippen LogP contribution in [0.3, 0.4) is 0 Å². The number of hydrogen-bond acceptors (Lipinski definition) is 4. The molecule has 1 aliphatic carbocycles. The van der Waals surface area contributed by atoms with Gasteiger partial charge in [0.25, 0.3) is 0 Å². The van der Waals surface area contributed by atoms with Gasteiger partial charge in [-0.3, -0.25) is 0 Å². The maximum atomic E-state index is 12.5. The van der Waals surface area contributed by atoms with Gasteiger partial charge in [0, 0.05) is 19.2 Å². The second-order valence-corrected chi connectivity index (χ2v) is 7.37. The highest BCUT2D eigenvalue weighted by molar-refractivity contribution is 7.89. The Kier molecular flexibility index (Phi) is 5.37. The number of benzene rings is 1. The molecule has 1 aromatic rings. The van der Waals surface area contributed by atoms with E-state index in [1.807, 2.05) is 12.1 Å². The van der Waals surface area contributed by atoms with Crippen molar-refractivity contribution in [1.29, 1.82) is 0 Å². The SMILES string of the molecule is COCCc1ccc(S(=O)(=O)NC2(CN)CCCC2)cc1. The van der Waals surface area contributed by atoms with Crippen LogP contribution < -0.4 is 10.5 Å². The summed E-state index contributed by atoms with van der Waals surface area (Å²) in [6, 6.07) is 6.95. The zero-order valence-corrected chi connectivity index (χ0v) is 13.3. The Bertz CT molecular complexity index is 549. The smallest absolute Gasteiger partial charge is 0.241 e. The van der Waals surface area contributed by atoms with Crippen LogP contribution in [0.4, 0.5) is 0 Å². The van der Waals surface area contributed by atoms with Crippen molar-refractivity contribution in [3.05, 3.63) is 29.8 Å². The Morgan fingerprint density at radius 1 is 1.24 bits per heavy atom. The second kappa shape index (κ2) is 6.87. The summed E-state index contributed by atoms with van der Waals surface area (Å²) in [5, 5.41) is 0. The molecule has 5 nitrogen and oxygen atoms in total. The molecule has 0 heterocycles. The number of nitrogens with two attached hydrogens (primary N) is 1. The van der Waals surface area contributed by atoms with Gasteiger partial charge in [-0.1, -0.05) is 25.0 Å². The van der Waals surface area contributed by atoms with Crippen LogP contribution in [-0.2, 0) is 21.2 Å². The van der Waals surface area contributed by atoms with Gasteiger partial charge in [0.05, 0.1) is 11.5 Å². The highest BCUT2D eigenvalue weighted by atomic mass is 32.2. The lowest BCUT2D eigenvalue weighted by Gasteiger charge is -2.28.